The minimum atomic E-state index is -1.16. The SMILES string of the molecule is CCCS[C@]1(c2ccccc2)OC(N=CN(C)C)=C(C#N)C1=C(C#N)C#N. The van der Waals surface area contributed by atoms with E-state index in [2.05, 4.69) is 11.1 Å². The molecule has 0 saturated carbocycles. The third-order valence-corrected chi connectivity index (χ3v) is 5.23. The molecule has 27 heavy (non-hydrogen) atoms. The normalized spacial score (nSPS) is 18.6. The smallest absolute Gasteiger partial charge is 0.235 e. The molecular weight excluding hydrogens is 358 g/mol. The van der Waals surface area contributed by atoms with Crippen molar-refractivity contribution in [3.8, 4) is 18.2 Å². The van der Waals surface area contributed by atoms with Gasteiger partial charge in [-0.15, -0.1) is 11.8 Å². The topological polar surface area (TPSA) is 96.2 Å². The van der Waals surface area contributed by atoms with E-state index in [1.165, 1.54) is 18.1 Å². The van der Waals surface area contributed by atoms with Gasteiger partial charge in [-0.2, -0.15) is 15.8 Å². The largest absolute Gasteiger partial charge is 0.450 e. The summed E-state index contributed by atoms with van der Waals surface area (Å²) in [6, 6.07) is 15.2. The van der Waals surface area contributed by atoms with Crippen LogP contribution in [0.4, 0.5) is 0 Å². The van der Waals surface area contributed by atoms with E-state index >= 15 is 0 Å². The molecule has 7 heteroatoms. The first-order valence-electron chi connectivity index (χ1n) is 8.32. The Morgan fingerprint density at radius 1 is 1.22 bits per heavy atom. The summed E-state index contributed by atoms with van der Waals surface area (Å²) in [6.07, 6.45) is 2.39. The maximum atomic E-state index is 9.78. The van der Waals surface area contributed by atoms with Crippen LogP contribution in [0.1, 0.15) is 18.9 Å². The van der Waals surface area contributed by atoms with E-state index in [1.807, 2.05) is 49.4 Å². The van der Waals surface area contributed by atoms with Gasteiger partial charge in [0.15, 0.2) is 0 Å². The maximum absolute atomic E-state index is 9.78. The van der Waals surface area contributed by atoms with E-state index in [4.69, 9.17) is 4.74 Å². The lowest BCUT2D eigenvalue weighted by Gasteiger charge is -2.30. The lowest BCUT2D eigenvalue weighted by molar-refractivity contribution is 0.134. The zero-order valence-corrected chi connectivity index (χ0v) is 16.2. The molecule has 0 aliphatic carbocycles. The zero-order chi connectivity index (χ0) is 19.9. The molecule has 1 atom stereocenters. The van der Waals surface area contributed by atoms with Crippen molar-refractivity contribution >= 4 is 18.1 Å². The van der Waals surface area contributed by atoms with Gasteiger partial charge in [-0.1, -0.05) is 37.3 Å². The summed E-state index contributed by atoms with van der Waals surface area (Å²) in [5, 5.41) is 28.8. The van der Waals surface area contributed by atoms with E-state index < -0.39 is 4.93 Å². The fourth-order valence-electron chi connectivity index (χ4n) is 2.59. The molecule has 0 aromatic heterocycles. The number of rotatable bonds is 6. The van der Waals surface area contributed by atoms with E-state index in [0.717, 1.165) is 12.0 Å². The number of thioether (sulfide) groups is 1. The molecule has 0 amide bonds. The molecule has 1 heterocycles. The van der Waals surface area contributed by atoms with Gasteiger partial charge in [-0.3, -0.25) is 0 Å². The highest BCUT2D eigenvalue weighted by Gasteiger charge is 2.50. The van der Waals surface area contributed by atoms with Crippen molar-refractivity contribution in [3.05, 3.63) is 58.5 Å². The van der Waals surface area contributed by atoms with Crippen LogP contribution in [0.25, 0.3) is 0 Å². The third kappa shape index (κ3) is 3.97. The highest BCUT2D eigenvalue weighted by Crippen LogP contribution is 2.54. The first-order chi connectivity index (χ1) is 13.0. The number of allylic oxidation sites excluding steroid dienone is 1. The molecule has 0 radical (unpaired) electrons. The summed E-state index contributed by atoms with van der Waals surface area (Å²) < 4.78 is 6.22. The van der Waals surface area contributed by atoms with Crippen molar-refractivity contribution < 1.29 is 4.74 Å². The predicted octanol–water partition coefficient (Wildman–Crippen LogP) is 3.68. The van der Waals surface area contributed by atoms with Gasteiger partial charge in [0.2, 0.25) is 10.8 Å². The Morgan fingerprint density at radius 3 is 2.41 bits per heavy atom. The minimum Gasteiger partial charge on any atom is -0.450 e. The van der Waals surface area contributed by atoms with Gasteiger partial charge in [0.1, 0.15) is 29.4 Å². The maximum Gasteiger partial charge on any atom is 0.235 e. The van der Waals surface area contributed by atoms with E-state index in [0.29, 0.717) is 5.75 Å². The van der Waals surface area contributed by atoms with Crippen LogP contribution in [0.2, 0.25) is 0 Å². The van der Waals surface area contributed by atoms with Crippen molar-refractivity contribution in [1.29, 1.82) is 15.8 Å². The molecule has 0 N–H and O–H groups in total. The summed E-state index contributed by atoms with van der Waals surface area (Å²) in [4.78, 5) is 4.82. The molecule has 6 nitrogen and oxygen atoms in total. The molecule has 1 aliphatic rings. The van der Waals surface area contributed by atoms with Gasteiger partial charge in [0.05, 0.1) is 11.9 Å². The van der Waals surface area contributed by atoms with Crippen LogP contribution in [0.3, 0.4) is 0 Å². The number of hydrogen-bond acceptors (Lipinski definition) is 6. The molecular formula is C20H19N5OS. The molecule has 0 bridgehead atoms. The van der Waals surface area contributed by atoms with Crippen LogP contribution >= 0.6 is 11.8 Å². The van der Waals surface area contributed by atoms with E-state index in [1.54, 1.807) is 19.0 Å². The summed E-state index contributed by atoms with van der Waals surface area (Å²) >= 11 is 1.45. The van der Waals surface area contributed by atoms with Crippen LogP contribution in [0.15, 0.2) is 57.9 Å². The summed E-state index contributed by atoms with van der Waals surface area (Å²) in [6.45, 7) is 2.03. The number of ether oxygens (including phenoxy) is 1. The summed E-state index contributed by atoms with van der Waals surface area (Å²) in [5.41, 5.74) is 0.988. The second-order valence-electron chi connectivity index (χ2n) is 5.91. The first-order valence-corrected chi connectivity index (χ1v) is 9.31. The number of aliphatic imine (C=N–C) groups is 1. The highest BCUT2D eigenvalue weighted by atomic mass is 32.2. The van der Waals surface area contributed by atoms with Crippen molar-refractivity contribution in [2.45, 2.75) is 18.3 Å². The van der Waals surface area contributed by atoms with Gasteiger partial charge < -0.3 is 9.64 Å². The van der Waals surface area contributed by atoms with Crippen LogP contribution in [-0.4, -0.2) is 31.1 Å². The average molecular weight is 377 g/mol. The Bertz CT molecular complexity index is 896. The molecule has 0 saturated heterocycles. The standard InChI is InChI=1S/C20H19N5OS/c1-4-10-27-20(16-8-6-5-7-9-16)18(15(11-21)12-22)17(13-23)19(26-20)24-14-25(2)3/h5-9,14H,4,10H2,1-3H3/t20-/m0/s1. The quantitative estimate of drug-likeness (QED) is 0.426. The van der Waals surface area contributed by atoms with E-state index in [-0.39, 0.29) is 22.6 Å². The Kier molecular flexibility index (Phi) is 6.66. The Labute approximate surface area is 163 Å². The highest BCUT2D eigenvalue weighted by molar-refractivity contribution is 8.00. The Hall–Kier alpha value is -3.21. The third-order valence-electron chi connectivity index (χ3n) is 3.69. The van der Waals surface area contributed by atoms with Crippen molar-refractivity contribution in [1.82, 2.24) is 4.90 Å². The molecule has 2 rings (SSSR count). The summed E-state index contributed by atoms with van der Waals surface area (Å²) in [5.74, 6) is 0.822. The molecule has 0 fully saturated rings. The Balaban J connectivity index is 2.81. The van der Waals surface area contributed by atoms with Gasteiger partial charge >= 0.3 is 0 Å². The fraction of sp³-hybridized carbons (Fsp3) is 0.300. The summed E-state index contributed by atoms with van der Waals surface area (Å²) in [7, 11) is 3.60. The number of benzene rings is 1. The molecule has 0 unspecified atom stereocenters. The van der Waals surface area contributed by atoms with Crippen molar-refractivity contribution in [2.75, 3.05) is 19.8 Å². The molecule has 1 aliphatic heterocycles. The first kappa shape index (κ1) is 20.1. The molecule has 1 aromatic rings. The van der Waals surface area contributed by atoms with Gasteiger partial charge in [0.25, 0.3) is 0 Å². The second kappa shape index (κ2) is 8.94. The molecule has 0 spiro atoms. The lowest BCUT2D eigenvalue weighted by atomic mass is 9.93. The lowest BCUT2D eigenvalue weighted by Crippen LogP contribution is -2.26. The van der Waals surface area contributed by atoms with Crippen LogP contribution in [0.5, 0.6) is 0 Å². The van der Waals surface area contributed by atoms with Gasteiger partial charge in [-0.05, 0) is 12.2 Å². The zero-order valence-electron chi connectivity index (χ0n) is 15.4. The number of nitriles is 3. The second-order valence-corrected chi connectivity index (χ2v) is 7.18. The van der Waals surface area contributed by atoms with Gasteiger partial charge in [0, 0.05) is 19.7 Å². The minimum absolute atomic E-state index is 0.108. The monoisotopic (exact) mass is 377 g/mol. The van der Waals surface area contributed by atoms with Crippen LogP contribution < -0.4 is 0 Å². The van der Waals surface area contributed by atoms with Crippen molar-refractivity contribution in [2.24, 2.45) is 4.99 Å². The molecule has 1 aromatic carbocycles. The van der Waals surface area contributed by atoms with E-state index in [9.17, 15) is 15.8 Å². The predicted molar refractivity (Wildman–Crippen MR) is 105 cm³/mol. The number of hydrogen-bond donors (Lipinski definition) is 0. The Morgan fingerprint density at radius 2 is 1.89 bits per heavy atom. The van der Waals surface area contributed by atoms with Crippen molar-refractivity contribution in [3.63, 3.8) is 0 Å². The van der Waals surface area contributed by atoms with Gasteiger partial charge in [-0.25, -0.2) is 4.99 Å². The van der Waals surface area contributed by atoms with Crippen LogP contribution in [-0.2, 0) is 9.67 Å². The molecule has 136 valence electrons. The average Bonchev–Trinajstić information content (AvgIpc) is 3.01. The number of nitrogens with zero attached hydrogens (tertiary/aromatic N) is 5. The fourth-order valence-corrected chi connectivity index (χ4v) is 3.87. The van der Waals surface area contributed by atoms with Crippen LogP contribution in [0, 0.1) is 34.0 Å².